The van der Waals surface area contributed by atoms with Crippen molar-refractivity contribution in [3.05, 3.63) is 11.6 Å². The molecule has 144 valence electrons. The number of rotatable bonds is 2. The van der Waals surface area contributed by atoms with E-state index in [1.54, 1.807) is 0 Å². The van der Waals surface area contributed by atoms with Gasteiger partial charge >= 0.3 is 0 Å². The van der Waals surface area contributed by atoms with Gasteiger partial charge in [0.25, 0.3) is 0 Å². The molecule has 4 heteroatoms. The van der Waals surface area contributed by atoms with Crippen LogP contribution >= 0.6 is 0 Å². The fraction of sp³-hybridized carbons (Fsp3) is 0.818. The quantitative estimate of drug-likeness (QED) is 0.794. The molecule has 3 saturated carbocycles. The third kappa shape index (κ3) is 2.48. The van der Waals surface area contributed by atoms with Crippen LogP contribution in [0.1, 0.15) is 65.2 Å². The lowest BCUT2D eigenvalue weighted by Crippen LogP contribution is -2.60. The molecule has 7 unspecified atom stereocenters. The number of carbonyl (C=O) groups excluding carboxylic acids is 2. The summed E-state index contributed by atoms with van der Waals surface area (Å²) in [6.07, 6.45) is 8.45. The van der Waals surface area contributed by atoms with Crippen molar-refractivity contribution < 1.29 is 19.8 Å². The molecule has 0 saturated heterocycles. The maximum Gasteiger partial charge on any atom is 0.161 e. The van der Waals surface area contributed by atoms with Gasteiger partial charge in [0.2, 0.25) is 0 Å². The lowest BCUT2D eigenvalue weighted by atomic mass is 9.42. The second-order valence-corrected chi connectivity index (χ2v) is 9.77. The fourth-order valence-corrected chi connectivity index (χ4v) is 7.52. The molecule has 0 aromatic heterocycles. The number of aliphatic hydroxyl groups is 2. The van der Waals surface area contributed by atoms with Crippen LogP contribution in [-0.4, -0.2) is 34.5 Å². The van der Waals surface area contributed by atoms with Crippen LogP contribution in [-0.2, 0) is 9.59 Å². The van der Waals surface area contributed by atoms with E-state index in [1.807, 2.05) is 6.08 Å². The molecule has 4 aliphatic rings. The molecule has 4 rings (SSSR count). The molecule has 0 amide bonds. The van der Waals surface area contributed by atoms with Crippen LogP contribution in [0.4, 0.5) is 0 Å². The van der Waals surface area contributed by atoms with E-state index in [2.05, 4.69) is 13.8 Å². The predicted molar refractivity (Wildman–Crippen MR) is 98.3 cm³/mol. The lowest BCUT2D eigenvalue weighted by molar-refractivity contribution is -0.169. The van der Waals surface area contributed by atoms with Crippen molar-refractivity contribution in [2.75, 3.05) is 6.61 Å². The van der Waals surface area contributed by atoms with E-state index in [9.17, 15) is 19.8 Å². The maximum atomic E-state index is 12.4. The number of aliphatic hydroxyl groups excluding tert-OH is 2. The van der Waals surface area contributed by atoms with Crippen molar-refractivity contribution >= 4 is 11.6 Å². The zero-order valence-corrected chi connectivity index (χ0v) is 16.0. The minimum absolute atomic E-state index is 0.0475. The van der Waals surface area contributed by atoms with Gasteiger partial charge in [-0.3, -0.25) is 9.59 Å². The molecule has 4 nitrogen and oxygen atoms in total. The number of hydrogen-bond acceptors (Lipinski definition) is 4. The molecule has 0 heterocycles. The monoisotopic (exact) mass is 360 g/mol. The van der Waals surface area contributed by atoms with Crippen molar-refractivity contribution in [2.45, 2.75) is 71.3 Å². The third-order valence-corrected chi connectivity index (χ3v) is 8.68. The number of carbonyl (C=O) groups is 2. The van der Waals surface area contributed by atoms with E-state index in [4.69, 9.17) is 0 Å². The Hall–Kier alpha value is -1.00. The van der Waals surface area contributed by atoms with Crippen molar-refractivity contribution in [2.24, 2.45) is 34.5 Å². The van der Waals surface area contributed by atoms with Gasteiger partial charge in [-0.1, -0.05) is 25.8 Å². The SMILES string of the molecule is CC12CCC(=O)C=C1CCC1C2C(O)CC2(C)C(C(=O)CO)CCCC12. The van der Waals surface area contributed by atoms with Crippen LogP contribution in [0, 0.1) is 34.5 Å². The Morgan fingerprint density at radius 2 is 2.00 bits per heavy atom. The van der Waals surface area contributed by atoms with Crippen molar-refractivity contribution in [1.29, 1.82) is 0 Å². The van der Waals surface area contributed by atoms with Crippen molar-refractivity contribution in [1.82, 2.24) is 0 Å². The molecule has 0 spiro atoms. The Morgan fingerprint density at radius 3 is 2.73 bits per heavy atom. The molecule has 4 aliphatic carbocycles. The van der Waals surface area contributed by atoms with Crippen LogP contribution in [0.3, 0.4) is 0 Å². The Bertz CT molecular complexity index is 653. The predicted octanol–water partition coefficient (Wildman–Crippen LogP) is 3.06. The van der Waals surface area contributed by atoms with Gasteiger partial charge < -0.3 is 10.2 Å². The minimum Gasteiger partial charge on any atom is -0.393 e. The number of fused-ring (bicyclic) bond motifs is 5. The minimum atomic E-state index is -0.435. The molecular formula is C22H32O4. The Balaban J connectivity index is 1.71. The van der Waals surface area contributed by atoms with Gasteiger partial charge in [-0.2, -0.15) is 0 Å². The van der Waals surface area contributed by atoms with E-state index >= 15 is 0 Å². The largest absolute Gasteiger partial charge is 0.393 e. The summed E-state index contributed by atoms with van der Waals surface area (Å²) >= 11 is 0. The zero-order valence-electron chi connectivity index (χ0n) is 16.0. The van der Waals surface area contributed by atoms with Gasteiger partial charge in [-0.25, -0.2) is 0 Å². The summed E-state index contributed by atoms with van der Waals surface area (Å²) in [5.41, 5.74) is 0.961. The van der Waals surface area contributed by atoms with Gasteiger partial charge in [0.15, 0.2) is 11.6 Å². The summed E-state index contributed by atoms with van der Waals surface area (Å²) < 4.78 is 0. The van der Waals surface area contributed by atoms with Gasteiger partial charge in [0.05, 0.1) is 6.10 Å². The van der Waals surface area contributed by atoms with E-state index < -0.39 is 6.10 Å². The normalized spacial score (nSPS) is 48.1. The molecule has 7 atom stereocenters. The van der Waals surface area contributed by atoms with Crippen LogP contribution in [0.5, 0.6) is 0 Å². The first-order valence-electron chi connectivity index (χ1n) is 10.4. The van der Waals surface area contributed by atoms with Crippen LogP contribution in [0.25, 0.3) is 0 Å². The average Bonchev–Trinajstić information content (AvgIpc) is 2.60. The Kier molecular flexibility index (Phi) is 4.43. The molecule has 0 radical (unpaired) electrons. The maximum absolute atomic E-state index is 12.4. The standard InChI is InChI=1S/C22H32O4/c1-21-9-8-14(24)10-13(21)6-7-15-16-4-3-5-17(19(26)12-23)22(16,2)11-18(25)20(15)21/h10,15-18,20,23,25H,3-9,11-12H2,1-2H3. The zero-order chi connectivity index (χ0) is 18.7. The van der Waals surface area contributed by atoms with Crippen LogP contribution < -0.4 is 0 Å². The van der Waals surface area contributed by atoms with Gasteiger partial charge in [0.1, 0.15) is 6.61 Å². The summed E-state index contributed by atoms with van der Waals surface area (Å²) in [6.45, 7) is 4.06. The number of allylic oxidation sites excluding steroid dienone is 2. The fourth-order valence-electron chi connectivity index (χ4n) is 7.52. The second-order valence-electron chi connectivity index (χ2n) is 9.77. The molecule has 0 bridgehead atoms. The van der Waals surface area contributed by atoms with Crippen LogP contribution in [0.2, 0.25) is 0 Å². The highest BCUT2D eigenvalue weighted by molar-refractivity contribution is 5.91. The summed E-state index contributed by atoms with van der Waals surface area (Å²) in [6, 6.07) is 0. The van der Waals surface area contributed by atoms with E-state index in [-0.39, 0.29) is 40.8 Å². The molecule has 0 aromatic carbocycles. The van der Waals surface area contributed by atoms with Crippen molar-refractivity contribution in [3.63, 3.8) is 0 Å². The summed E-state index contributed by atoms with van der Waals surface area (Å²) in [5.74, 6) is 1.09. The highest BCUT2D eigenvalue weighted by atomic mass is 16.3. The number of Topliss-reactive ketones (excluding diaryl/α,β-unsaturated/α-hetero) is 1. The first-order valence-corrected chi connectivity index (χ1v) is 10.4. The highest BCUT2D eigenvalue weighted by Gasteiger charge is 2.61. The summed E-state index contributed by atoms with van der Waals surface area (Å²) in [5, 5.41) is 20.7. The topological polar surface area (TPSA) is 74.6 Å². The average molecular weight is 360 g/mol. The molecule has 2 N–H and O–H groups in total. The summed E-state index contributed by atoms with van der Waals surface area (Å²) in [4.78, 5) is 24.4. The van der Waals surface area contributed by atoms with E-state index in [1.165, 1.54) is 5.57 Å². The highest BCUT2D eigenvalue weighted by Crippen LogP contribution is 2.65. The molecule has 0 aromatic rings. The first-order chi connectivity index (χ1) is 12.3. The van der Waals surface area contributed by atoms with E-state index in [0.29, 0.717) is 24.7 Å². The van der Waals surface area contributed by atoms with Crippen LogP contribution in [0.15, 0.2) is 11.6 Å². The smallest absolute Gasteiger partial charge is 0.161 e. The summed E-state index contributed by atoms with van der Waals surface area (Å²) in [7, 11) is 0. The molecule has 0 aliphatic heterocycles. The second kappa shape index (κ2) is 6.27. The molecule has 26 heavy (non-hydrogen) atoms. The van der Waals surface area contributed by atoms with E-state index in [0.717, 1.165) is 38.5 Å². The van der Waals surface area contributed by atoms with Gasteiger partial charge in [0, 0.05) is 12.3 Å². The Morgan fingerprint density at radius 1 is 1.23 bits per heavy atom. The molecule has 3 fully saturated rings. The Labute approximate surface area is 156 Å². The number of hydrogen-bond donors (Lipinski definition) is 2. The first kappa shape index (κ1) is 18.4. The van der Waals surface area contributed by atoms with Gasteiger partial charge in [-0.15, -0.1) is 0 Å². The molecular weight excluding hydrogens is 328 g/mol. The lowest BCUT2D eigenvalue weighted by Gasteiger charge is -2.63. The van der Waals surface area contributed by atoms with Gasteiger partial charge in [-0.05, 0) is 73.2 Å². The van der Waals surface area contributed by atoms with Crippen molar-refractivity contribution in [3.8, 4) is 0 Å². The number of ketones is 2. The third-order valence-electron chi connectivity index (χ3n) is 8.68.